The lowest BCUT2D eigenvalue weighted by Crippen LogP contribution is -2.33. The maximum Gasteiger partial charge on any atom is 0.271 e. The number of nitrogens with one attached hydrogen (secondary N) is 4. The van der Waals surface area contributed by atoms with Gasteiger partial charge in [-0.25, -0.2) is 10.0 Å². The molecular formula is C19H28Cl2N6O2. The minimum absolute atomic E-state index is 0.0122. The summed E-state index contributed by atoms with van der Waals surface area (Å²) in [6.07, 6.45) is 8.80. The van der Waals surface area contributed by atoms with Crippen molar-refractivity contribution in [3.8, 4) is 0 Å². The molecule has 0 spiro atoms. The Morgan fingerprint density at radius 1 is 1.38 bits per heavy atom. The number of hydroxylamine groups is 2. The number of hydrogen-bond acceptors (Lipinski definition) is 5. The van der Waals surface area contributed by atoms with Gasteiger partial charge in [0.2, 0.25) is 5.28 Å². The third-order valence-corrected chi connectivity index (χ3v) is 5.06. The highest BCUT2D eigenvalue weighted by atomic mass is 35.5. The Kier molecular flexibility index (Phi) is 9.50. The zero-order valence-corrected chi connectivity index (χ0v) is 18.0. The standard InChI is InChI=1S/C19H28Cl2N6O2/c1-2-3-6-10-23-17-16(25-19(21)26-17)18(28)24-11-9-15(22)27(29)12-13-7-4-5-8-14(13)20/h4,7,22-23,29H,2-3,5-6,8-12H2,1H3,(H,24,28)(H,25,26). The molecule has 0 unspecified atom stereocenters. The van der Waals surface area contributed by atoms with Crippen LogP contribution in [0, 0.1) is 5.41 Å². The van der Waals surface area contributed by atoms with Gasteiger partial charge in [-0.3, -0.25) is 15.4 Å². The van der Waals surface area contributed by atoms with Gasteiger partial charge in [0.05, 0.1) is 6.54 Å². The fraction of sp³-hybridized carbons (Fsp3) is 0.526. The van der Waals surface area contributed by atoms with Crippen LogP contribution in [0.4, 0.5) is 5.82 Å². The van der Waals surface area contributed by atoms with Gasteiger partial charge in [-0.15, -0.1) is 0 Å². The first-order valence-electron chi connectivity index (χ1n) is 9.77. The van der Waals surface area contributed by atoms with E-state index in [0.717, 1.165) is 42.7 Å². The first-order valence-corrected chi connectivity index (χ1v) is 10.5. The Morgan fingerprint density at radius 3 is 2.90 bits per heavy atom. The van der Waals surface area contributed by atoms with E-state index in [2.05, 4.69) is 27.5 Å². The lowest BCUT2D eigenvalue weighted by Gasteiger charge is -2.20. The van der Waals surface area contributed by atoms with Crippen molar-refractivity contribution >= 4 is 40.8 Å². The predicted molar refractivity (Wildman–Crippen MR) is 116 cm³/mol. The van der Waals surface area contributed by atoms with E-state index in [1.807, 2.05) is 12.2 Å². The van der Waals surface area contributed by atoms with E-state index in [0.29, 0.717) is 17.4 Å². The average Bonchev–Trinajstić information content (AvgIpc) is 3.07. The number of hydrogen-bond donors (Lipinski definition) is 5. The molecule has 0 radical (unpaired) electrons. The summed E-state index contributed by atoms with van der Waals surface area (Å²) < 4.78 is 0. The Labute approximate surface area is 180 Å². The van der Waals surface area contributed by atoms with Crippen molar-refractivity contribution in [1.82, 2.24) is 20.3 Å². The monoisotopic (exact) mass is 442 g/mol. The van der Waals surface area contributed by atoms with E-state index in [9.17, 15) is 10.0 Å². The Bertz CT molecular complexity index is 775. The third-order valence-electron chi connectivity index (χ3n) is 4.45. The van der Waals surface area contributed by atoms with Crippen molar-refractivity contribution in [1.29, 1.82) is 5.41 Å². The molecular weight excluding hydrogens is 415 g/mol. The van der Waals surface area contributed by atoms with Gasteiger partial charge >= 0.3 is 0 Å². The van der Waals surface area contributed by atoms with Crippen LogP contribution < -0.4 is 10.6 Å². The topological polar surface area (TPSA) is 117 Å². The highest BCUT2D eigenvalue weighted by molar-refractivity contribution is 6.30. The van der Waals surface area contributed by atoms with Gasteiger partial charge < -0.3 is 15.6 Å². The van der Waals surface area contributed by atoms with Gasteiger partial charge in [0, 0.05) is 24.5 Å². The summed E-state index contributed by atoms with van der Waals surface area (Å²) in [5, 5.41) is 25.6. The van der Waals surface area contributed by atoms with Crippen molar-refractivity contribution < 1.29 is 10.0 Å². The molecule has 0 bridgehead atoms. The first-order chi connectivity index (χ1) is 13.9. The molecule has 0 saturated heterocycles. The van der Waals surface area contributed by atoms with Crippen LogP contribution in [0.15, 0.2) is 22.8 Å². The van der Waals surface area contributed by atoms with Crippen LogP contribution in [-0.2, 0) is 0 Å². The lowest BCUT2D eigenvalue weighted by molar-refractivity contribution is -0.00814. The average molecular weight is 443 g/mol. The summed E-state index contributed by atoms with van der Waals surface area (Å²) in [4.78, 5) is 19.3. The number of rotatable bonds is 11. The number of amidine groups is 1. The molecule has 160 valence electrons. The zero-order valence-electron chi connectivity index (χ0n) is 16.5. The van der Waals surface area contributed by atoms with Crippen molar-refractivity contribution in [2.75, 3.05) is 25.0 Å². The molecule has 1 aliphatic rings. The highest BCUT2D eigenvalue weighted by Gasteiger charge is 2.17. The molecule has 1 heterocycles. The lowest BCUT2D eigenvalue weighted by atomic mass is 10.1. The molecule has 1 aromatic heterocycles. The van der Waals surface area contributed by atoms with E-state index < -0.39 is 0 Å². The molecule has 0 aromatic carbocycles. The molecule has 10 heteroatoms. The number of amides is 1. The van der Waals surface area contributed by atoms with Gasteiger partial charge in [-0.1, -0.05) is 43.5 Å². The quantitative estimate of drug-likeness (QED) is 0.151. The second kappa shape index (κ2) is 11.8. The number of unbranched alkanes of at least 4 members (excludes halogenated alkanes) is 2. The van der Waals surface area contributed by atoms with E-state index in [1.54, 1.807) is 0 Å². The maximum absolute atomic E-state index is 12.4. The summed E-state index contributed by atoms with van der Waals surface area (Å²) in [5.41, 5.74) is 1.04. The van der Waals surface area contributed by atoms with Gasteiger partial charge in [-0.2, -0.15) is 0 Å². The van der Waals surface area contributed by atoms with Crippen LogP contribution in [0.3, 0.4) is 0 Å². The van der Waals surface area contributed by atoms with Crippen molar-refractivity contribution in [3.63, 3.8) is 0 Å². The Morgan fingerprint density at radius 2 is 2.17 bits per heavy atom. The molecule has 0 aliphatic heterocycles. The zero-order chi connectivity index (χ0) is 21.2. The number of aromatic amines is 1. The number of H-pyrrole nitrogens is 1. The number of aromatic nitrogens is 2. The molecule has 1 aromatic rings. The van der Waals surface area contributed by atoms with Crippen molar-refractivity contribution in [2.24, 2.45) is 0 Å². The molecule has 5 N–H and O–H groups in total. The normalized spacial score (nSPS) is 13.5. The number of allylic oxidation sites excluding steroid dienone is 2. The first kappa shape index (κ1) is 23.3. The number of carbonyl (C=O) groups excluding carboxylic acids is 1. The van der Waals surface area contributed by atoms with Crippen LogP contribution in [0.25, 0.3) is 0 Å². The second-order valence-corrected chi connectivity index (χ2v) is 7.58. The van der Waals surface area contributed by atoms with Gasteiger partial charge in [-0.05, 0) is 36.4 Å². The minimum Gasteiger partial charge on any atom is -0.368 e. The van der Waals surface area contributed by atoms with Crippen LogP contribution in [0.5, 0.6) is 0 Å². The molecule has 0 saturated carbocycles. The maximum atomic E-state index is 12.4. The van der Waals surface area contributed by atoms with Crippen LogP contribution in [0.2, 0.25) is 5.28 Å². The summed E-state index contributed by atoms with van der Waals surface area (Å²) in [5.74, 6) is 0.0237. The minimum atomic E-state index is -0.374. The molecule has 29 heavy (non-hydrogen) atoms. The summed E-state index contributed by atoms with van der Waals surface area (Å²) >= 11 is 12.1. The third kappa shape index (κ3) is 7.38. The SMILES string of the molecule is CCCCCNc1nc(Cl)[nH]c1C(=O)NCCC(=N)N(O)CC1=C(Cl)CCC=C1. The second-order valence-electron chi connectivity index (χ2n) is 6.77. The summed E-state index contributed by atoms with van der Waals surface area (Å²) in [6, 6.07) is 0. The Balaban J connectivity index is 1.80. The van der Waals surface area contributed by atoms with Crippen LogP contribution in [0.1, 0.15) is 55.9 Å². The Hall–Kier alpha value is -2.03. The van der Waals surface area contributed by atoms with E-state index in [4.69, 9.17) is 28.6 Å². The van der Waals surface area contributed by atoms with E-state index in [1.165, 1.54) is 0 Å². The predicted octanol–water partition coefficient (Wildman–Crippen LogP) is 4.30. The molecule has 0 atom stereocenters. The largest absolute Gasteiger partial charge is 0.368 e. The highest BCUT2D eigenvalue weighted by Crippen LogP contribution is 2.22. The molecule has 1 aliphatic carbocycles. The fourth-order valence-electron chi connectivity index (χ4n) is 2.81. The smallest absolute Gasteiger partial charge is 0.271 e. The number of nitrogens with zero attached hydrogens (tertiary/aromatic N) is 2. The number of halogens is 2. The van der Waals surface area contributed by atoms with Crippen LogP contribution >= 0.6 is 23.2 Å². The summed E-state index contributed by atoms with van der Waals surface area (Å²) in [6.45, 7) is 3.15. The van der Waals surface area contributed by atoms with Crippen molar-refractivity contribution in [2.45, 2.75) is 45.4 Å². The fourth-order valence-corrected chi connectivity index (χ4v) is 3.22. The van der Waals surface area contributed by atoms with Gasteiger partial charge in [0.25, 0.3) is 5.91 Å². The number of imidazole rings is 1. The molecule has 0 fully saturated rings. The van der Waals surface area contributed by atoms with E-state index in [-0.39, 0.29) is 42.2 Å². The summed E-state index contributed by atoms with van der Waals surface area (Å²) in [7, 11) is 0. The number of anilines is 1. The molecule has 8 nitrogen and oxygen atoms in total. The van der Waals surface area contributed by atoms with E-state index >= 15 is 0 Å². The van der Waals surface area contributed by atoms with Gasteiger partial charge in [0.15, 0.2) is 5.82 Å². The number of carbonyl (C=O) groups is 1. The molecule has 1 amide bonds. The molecule has 2 rings (SSSR count). The van der Waals surface area contributed by atoms with Gasteiger partial charge in [0.1, 0.15) is 11.5 Å². The van der Waals surface area contributed by atoms with Crippen molar-refractivity contribution in [3.05, 3.63) is 33.7 Å². The van der Waals surface area contributed by atoms with Crippen LogP contribution in [-0.4, -0.2) is 51.6 Å².